The second kappa shape index (κ2) is 5.52. The first-order chi connectivity index (χ1) is 7.60. The van der Waals surface area contributed by atoms with Crippen molar-refractivity contribution >= 4 is 5.69 Å². The van der Waals surface area contributed by atoms with Crippen LogP contribution in [0.2, 0.25) is 0 Å². The van der Waals surface area contributed by atoms with Crippen LogP contribution in [0.25, 0.3) is 0 Å². The van der Waals surface area contributed by atoms with Crippen LogP contribution in [0.5, 0.6) is 0 Å². The van der Waals surface area contributed by atoms with E-state index in [4.69, 9.17) is 10.9 Å². The largest absolute Gasteiger partial charge is 0.395 e. The van der Waals surface area contributed by atoms with Crippen LogP contribution in [0.3, 0.4) is 0 Å². The number of nitro groups is 1. The maximum absolute atomic E-state index is 10.4. The summed E-state index contributed by atoms with van der Waals surface area (Å²) in [4.78, 5) is 9.87. The molecule has 0 radical (unpaired) electrons. The SMILES string of the molecule is NN[C@H](CO)[C@H](O)c1ccc([N+](=O)[O-])cc1. The van der Waals surface area contributed by atoms with Gasteiger partial charge >= 0.3 is 0 Å². The Hall–Kier alpha value is -1.54. The first kappa shape index (κ1) is 12.5. The lowest BCUT2D eigenvalue weighted by atomic mass is 10.0. The van der Waals surface area contributed by atoms with Crippen LogP contribution >= 0.6 is 0 Å². The molecular weight excluding hydrogens is 214 g/mol. The molecule has 88 valence electrons. The molecule has 0 unspecified atom stereocenters. The number of nitrogens with two attached hydrogens (primary N) is 1. The molecule has 0 bridgehead atoms. The van der Waals surface area contributed by atoms with Gasteiger partial charge in [0.05, 0.1) is 23.7 Å². The first-order valence-electron chi connectivity index (χ1n) is 4.59. The molecule has 1 rings (SSSR count). The minimum Gasteiger partial charge on any atom is -0.395 e. The number of nitro benzene ring substituents is 1. The lowest BCUT2D eigenvalue weighted by Crippen LogP contribution is -2.42. The fraction of sp³-hybridized carbons (Fsp3) is 0.333. The summed E-state index contributed by atoms with van der Waals surface area (Å²) in [6.07, 6.45) is -1.02. The van der Waals surface area contributed by atoms with E-state index >= 15 is 0 Å². The van der Waals surface area contributed by atoms with E-state index in [1.165, 1.54) is 24.3 Å². The van der Waals surface area contributed by atoms with Gasteiger partial charge in [0.1, 0.15) is 0 Å². The molecule has 1 aromatic rings. The third kappa shape index (κ3) is 2.74. The molecule has 5 N–H and O–H groups in total. The molecule has 7 nitrogen and oxygen atoms in total. The van der Waals surface area contributed by atoms with Gasteiger partial charge in [-0.1, -0.05) is 0 Å². The van der Waals surface area contributed by atoms with Crippen molar-refractivity contribution in [3.8, 4) is 0 Å². The Labute approximate surface area is 91.6 Å². The number of nitrogens with zero attached hydrogens (tertiary/aromatic N) is 1. The van der Waals surface area contributed by atoms with Gasteiger partial charge in [-0.2, -0.15) is 0 Å². The van der Waals surface area contributed by atoms with Crippen LogP contribution in [0.4, 0.5) is 5.69 Å². The van der Waals surface area contributed by atoms with E-state index in [0.29, 0.717) is 5.56 Å². The predicted octanol–water partition coefficient (Wildman–Crippen LogP) is -0.548. The zero-order valence-corrected chi connectivity index (χ0v) is 8.41. The first-order valence-corrected chi connectivity index (χ1v) is 4.59. The molecule has 0 aromatic heterocycles. The van der Waals surface area contributed by atoms with Gasteiger partial charge in [-0.3, -0.25) is 21.4 Å². The normalized spacial score (nSPS) is 14.4. The molecule has 0 aliphatic rings. The number of hydrogen-bond acceptors (Lipinski definition) is 6. The molecule has 7 heteroatoms. The highest BCUT2D eigenvalue weighted by Gasteiger charge is 2.19. The Morgan fingerprint density at radius 2 is 2.00 bits per heavy atom. The molecule has 2 atom stereocenters. The van der Waals surface area contributed by atoms with E-state index in [1.807, 2.05) is 0 Å². The number of hydrazine groups is 1. The van der Waals surface area contributed by atoms with Gasteiger partial charge in [0.2, 0.25) is 0 Å². The number of non-ortho nitro benzene ring substituents is 1. The van der Waals surface area contributed by atoms with E-state index in [9.17, 15) is 15.2 Å². The Morgan fingerprint density at radius 1 is 1.44 bits per heavy atom. The van der Waals surface area contributed by atoms with Gasteiger partial charge < -0.3 is 10.2 Å². The van der Waals surface area contributed by atoms with Gasteiger partial charge in [0.15, 0.2) is 0 Å². The van der Waals surface area contributed by atoms with Crippen molar-refractivity contribution in [2.75, 3.05) is 6.61 Å². The van der Waals surface area contributed by atoms with Crippen molar-refractivity contribution in [3.63, 3.8) is 0 Å². The molecule has 0 spiro atoms. The monoisotopic (exact) mass is 227 g/mol. The van der Waals surface area contributed by atoms with Gasteiger partial charge in [-0.15, -0.1) is 0 Å². The third-order valence-electron chi connectivity index (χ3n) is 2.24. The predicted molar refractivity (Wildman–Crippen MR) is 56.3 cm³/mol. The van der Waals surface area contributed by atoms with Gasteiger partial charge in [-0.25, -0.2) is 0 Å². The summed E-state index contributed by atoms with van der Waals surface area (Å²) < 4.78 is 0. The second-order valence-electron chi connectivity index (χ2n) is 3.25. The summed E-state index contributed by atoms with van der Waals surface area (Å²) in [5, 5.41) is 29.0. The third-order valence-corrected chi connectivity index (χ3v) is 2.24. The van der Waals surface area contributed by atoms with E-state index in [1.54, 1.807) is 0 Å². The van der Waals surface area contributed by atoms with Crippen molar-refractivity contribution < 1.29 is 15.1 Å². The standard InChI is InChI=1S/C9H13N3O4/c10-11-8(5-13)9(14)6-1-3-7(4-2-6)12(15)16/h1-4,8-9,11,13-14H,5,10H2/t8-,9-/m1/s1. The van der Waals surface area contributed by atoms with Crippen molar-refractivity contribution in [3.05, 3.63) is 39.9 Å². The summed E-state index contributed by atoms with van der Waals surface area (Å²) in [7, 11) is 0. The van der Waals surface area contributed by atoms with Crippen molar-refractivity contribution in [1.29, 1.82) is 0 Å². The summed E-state index contributed by atoms with van der Waals surface area (Å²) in [6.45, 7) is -0.339. The highest BCUT2D eigenvalue weighted by Crippen LogP contribution is 2.19. The van der Waals surface area contributed by atoms with Gasteiger partial charge in [-0.05, 0) is 17.7 Å². The number of benzene rings is 1. The lowest BCUT2D eigenvalue weighted by molar-refractivity contribution is -0.384. The maximum Gasteiger partial charge on any atom is 0.269 e. The Morgan fingerprint density at radius 3 is 2.38 bits per heavy atom. The molecule has 1 aromatic carbocycles. The Balaban J connectivity index is 2.84. The van der Waals surface area contributed by atoms with Crippen molar-refractivity contribution in [2.45, 2.75) is 12.1 Å². The molecule has 0 fully saturated rings. The van der Waals surface area contributed by atoms with Crippen molar-refractivity contribution in [1.82, 2.24) is 5.43 Å². The van der Waals surface area contributed by atoms with E-state index in [-0.39, 0.29) is 12.3 Å². The molecule has 0 amide bonds. The van der Waals surface area contributed by atoms with Crippen molar-refractivity contribution in [2.24, 2.45) is 5.84 Å². The quantitative estimate of drug-likeness (QED) is 0.304. The lowest BCUT2D eigenvalue weighted by Gasteiger charge is -2.19. The summed E-state index contributed by atoms with van der Waals surface area (Å²) >= 11 is 0. The van der Waals surface area contributed by atoms with E-state index in [2.05, 4.69) is 5.43 Å². The van der Waals surface area contributed by atoms with Crippen LogP contribution in [-0.4, -0.2) is 27.8 Å². The van der Waals surface area contributed by atoms with Gasteiger partial charge in [0, 0.05) is 12.1 Å². The number of hydrogen-bond donors (Lipinski definition) is 4. The number of aliphatic hydroxyl groups excluding tert-OH is 2. The minimum absolute atomic E-state index is 0.0581. The molecule has 0 aliphatic carbocycles. The second-order valence-corrected chi connectivity index (χ2v) is 3.25. The summed E-state index contributed by atoms with van der Waals surface area (Å²) in [5.74, 6) is 5.12. The Kier molecular flexibility index (Phi) is 4.32. The highest BCUT2D eigenvalue weighted by molar-refractivity contribution is 5.34. The van der Waals surface area contributed by atoms with Gasteiger partial charge in [0.25, 0.3) is 5.69 Å². The van der Waals surface area contributed by atoms with E-state index < -0.39 is 17.1 Å². The zero-order valence-electron chi connectivity index (χ0n) is 8.41. The fourth-order valence-electron chi connectivity index (χ4n) is 1.27. The summed E-state index contributed by atoms with van der Waals surface area (Å²) in [5.41, 5.74) is 2.64. The fourth-order valence-corrected chi connectivity index (χ4v) is 1.27. The number of aliphatic hydroxyl groups is 2. The zero-order chi connectivity index (χ0) is 12.1. The molecule has 0 aliphatic heterocycles. The average molecular weight is 227 g/mol. The summed E-state index contributed by atoms with van der Waals surface area (Å²) in [6, 6.07) is 4.69. The van der Waals surface area contributed by atoms with Crippen LogP contribution in [-0.2, 0) is 0 Å². The molecule has 0 heterocycles. The van der Waals surface area contributed by atoms with Crippen LogP contribution in [0.1, 0.15) is 11.7 Å². The molecule has 16 heavy (non-hydrogen) atoms. The minimum atomic E-state index is -1.02. The smallest absolute Gasteiger partial charge is 0.269 e. The number of rotatable bonds is 5. The van der Waals surface area contributed by atoms with Crippen LogP contribution in [0, 0.1) is 10.1 Å². The molecule has 0 saturated carbocycles. The van der Waals surface area contributed by atoms with Crippen LogP contribution < -0.4 is 11.3 Å². The Bertz CT molecular complexity index is 350. The molecule has 0 saturated heterocycles. The highest BCUT2D eigenvalue weighted by atomic mass is 16.6. The maximum atomic E-state index is 10.4. The average Bonchev–Trinajstić information content (AvgIpc) is 2.30. The van der Waals surface area contributed by atoms with Crippen LogP contribution in [0.15, 0.2) is 24.3 Å². The topological polar surface area (TPSA) is 122 Å². The molecular formula is C9H13N3O4. The number of nitrogens with one attached hydrogen (secondary N) is 1. The van der Waals surface area contributed by atoms with E-state index in [0.717, 1.165) is 0 Å².